The first-order chi connectivity index (χ1) is 8.65. The van der Waals surface area contributed by atoms with Crippen LogP contribution in [0.4, 0.5) is 0 Å². The van der Waals surface area contributed by atoms with Gasteiger partial charge in [0.25, 0.3) is 0 Å². The maximum absolute atomic E-state index is 10.3. The second kappa shape index (κ2) is 4.87. The van der Waals surface area contributed by atoms with E-state index < -0.39 is 0 Å². The summed E-state index contributed by atoms with van der Waals surface area (Å²) >= 11 is 1.62. The van der Waals surface area contributed by atoms with Crippen LogP contribution in [0.1, 0.15) is 5.56 Å². The van der Waals surface area contributed by atoms with E-state index in [0.717, 1.165) is 31.4 Å². The lowest BCUT2D eigenvalue weighted by Gasteiger charge is -2.07. The highest BCUT2D eigenvalue weighted by molar-refractivity contribution is 7.16. The van der Waals surface area contributed by atoms with E-state index in [0.29, 0.717) is 5.75 Å². The summed E-state index contributed by atoms with van der Waals surface area (Å²) in [6.45, 7) is 1.96. The molecule has 0 aliphatic rings. The van der Waals surface area contributed by atoms with E-state index in [-0.39, 0.29) is 12.4 Å². The zero-order valence-electron chi connectivity index (χ0n) is 11.0. The minimum Gasteiger partial charge on any atom is -0.507 e. The molecule has 0 aliphatic heterocycles. The average Bonchev–Trinajstić information content (AvgIpc) is 2.73. The van der Waals surface area contributed by atoms with E-state index in [4.69, 9.17) is 0 Å². The molecule has 0 aliphatic carbocycles. The van der Waals surface area contributed by atoms with Gasteiger partial charge in [0.15, 0.2) is 4.80 Å². The van der Waals surface area contributed by atoms with Gasteiger partial charge in [-0.1, -0.05) is 35.6 Å². The predicted molar refractivity (Wildman–Crippen MR) is 83.4 cm³/mol. The lowest BCUT2D eigenvalue weighted by molar-refractivity contribution is 0.478. The van der Waals surface area contributed by atoms with Crippen molar-refractivity contribution < 1.29 is 5.11 Å². The molecule has 0 bridgehead atoms. The van der Waals surface area contributed by atoms with Crippen molar-refractivity contribution in [2.75, 3.05) is 7.05 Å². The van der Waals surface area contributed by atoms with Crippen LogP contribution in [0.2, 0.25) is 0 Å². The number of nitrogens with zero attached hydrogens (tertiary/aromatic N) is 2. The number of hydrogen-bond donors (Lipinski definition) is 1. The maximum Gasteiger partial charge on any atom is 0.185 e. The number of phenols is 1. The molecule has 3 rings (SSSR count). The van der Waals surface area contributed by atoms with Gasteiger partial charge in [0, 0.05) is 30.4 Å². The van der Waals surface area contributed by atoms with Crippen LogP contribution in [0.15, 0.2) is 29.3 Å². The van der Waals surface area contributed by atoms with Gasteiger partial charge in [-0.2, -0.15) is 0 Å². The number of aryl methyl sites for hydroxylation is 2. The second-order valence-corrected chi connectivity index (χ2v) is 5.34. The Kier molecular flexibility index (Phi) is 3.56. The molecule has 3 aromatic rings. The summed E-state index contributed by atoms with van der Waals surface area (Å²) in [5.41, 5.74) is 2.07. The molecule has 1 N–H and O–H groups in total. The Morgan fingerprint density at radius 1 is 1.21 bits per heavy atom. The molecule has 0 saturated carbocycles. The second-order valence-electron chi connectivity index (χ2n) is 4.36. The van der Waals surface area contributed by atoms with Gasteiger partial charge >= 0.3 is 0 Å². The first-order valence-electron chi connectivity index (χ1n) is 5.77. The summed E-state index contributed by atoms with van der Waals surface area (Å²) in [6.07, 6.45) is 0. The third-order valence-electron chi connectivity index (χ3n) is 3.36. The molecular formula is C14H15ClN2OS. The number of phenolic OH excluding ortho intramolecular Hbond substituents is 1. The largest absolute Gasteiger partial charge is 0.507 e. The predicted octanol–water partition coefficient (Wildman–Crippen LogP) is 3.36. The highest BCUT2D eigenvalue weighted by Crippen LogP contribution is 2.37. The fraction of sp³-hybridized carbons (Fsp3) is 0.214. The van der Waals surface area contributed by atoms with Crippen LogP contribution in [0.5, 0.6) is 5.75 Å². The Labute approximate surface area is 121 Å². The first kappa shape index (κ1) is 13.9. The SMILES string of the molecule is C/N=c1/sc2c(C)c(O)c3ccccc3c2n1C.Cl. The van der Waals surface area contributed by atoms with E-state index in [1.165, 1.54) is 0 Å². The van der Waals surface area contributed by atoms with Crippen LogP contribution in [-0.4, -0.2) is 16.7 Å². The van der Waals surface area contributed by atoms with Crippen molar-refractivity contribution in [2.24, 2.45) is 12.0 Å². The summed E-state index contributed by atoms with van der Waals surface area (Å²) in [5.74, 6) is 0.377. The third-order valence-corrected chi connectivity index (χ3v) is 4.70. The Morgan fingerprint density at radius 2 is 1.84 bits per heavy atom. The lowest BCUT2D eigenvalue weighted by atomic mass is 10.0. The van der Waals surface area contributed by atoms with Gasteiger partial charge in [-0.3, -0.25) is 4.99 Å². The highest BCUT2D eigenvalue weighted by atomic mass is 35.5. The van der Waals surface area contributed by atoms with Crippen molar-refractivity contribution in [3.63, 3.8) is 0 Å². The number of thiazole rings is 1. The molecule has 0 spiro atoms. The fourth-order valence-corrected chi connectivity index (χ4v) is 3.51. The molecule has 0 fully saturated rings. The molecule has 0 amide bonds. The summed E-state index contributed by atoms with van der Waals surface area (Å²) in [5, 5.41) is 12.3. The van der Waals surface area contributed by atoms with Crippen molar-refractivity contribution in [3.05, 3.63) is 34.6 Å². The molecule has 100 valence electrons. The Bertz CT molecular complexity index is 833. The topological polar surface area (TPSA) is 37.5 Å². The number of aromatic hydroxyl groups is 1. The normalized spacial score (nSPS) is 12.1. The summed E-state index contributed by atoms with van der Waals surface area (Å²) in [4.78, 5) is 5.25. The molecule has 2 aromatic carbocycles. The number of hydrogen-bond acceptors (Lipinski definition) is 3. The van der Waals surface area contributed by atoms with Gasteiger partial charge in [-0.25, -0.2) is 0 Å². The molecule has 0 saturated heterocycles. The smallest absolute Gasteiger partial charge is 0.185 e. The minimum absolute atomic E-state index is 0. The highest BCUT2D eigenvalue weighted by Gasteiger charge is 2.14. The average molecular weight is 295 g/mol. The van der Waals surface area contributed by atoms with Crippen LogP contribution in [0.25, 0.3) is 21.0 Å². The minimum atomic E-state index is 0. The summed E-state index contributed by atoms with van der Waals surface area (Å²) in [6, 6.07) is 7.95. The summed E-state index contributed by atoms with van der Waals surface area (Å²) in [7, 11) is 3.81. The Balaban J connectivity index is 0.00000133. The van der Waals surface area contributed by atoms with Gasteiger partial charge in [-0.15, -0.1) is 12.4 Å². The van der Waals surface area contributed by atoms with Crippen LogP contribution >= 0.6 is 23.7 Å². The molecule has 5 heteroatoms. The molecular weight excluding hydrogens is 280 g/mol. The number of fused-ring (bicyclic) bond motifs is 3. The third kappa shape index (κ3) is 1.83. The maximum atomic E-state index is 10.3. The van der Waals surface area contributed by atoms with Gasteiger partial charge in [-0.05, 0) is 6.92 Å². The van der Waals surface area contributed by atoms with Crippen LogP contribution in [0.3, 0.4) is 0 Å². The van der Waals surface area contributed by atoms with Crippen LogP contribution in [0, 0.1) is 6.92 Å². The molecule has 19 heavy (non-hydrogen) atoms. The van der Waals surface area contributed by atoms with Crippen molar-refractivity contribution in [2.45, 2.75) is 6.92 Å². The molecule has 3 nitrogen and oxygen atoms in total. The molecule has 0 unspecified atom stereocenters. The van der Waals surface area contributed by atoms with Gasteiger partial charge in [0.1, 0.15) is 5.75 Å². The summed E-state index contributed by atoms with van der Waals surface area (Å²) < 4.78 is 3.20. The van der Waals surface area contributed by atoms with E-state index >= 15 is 0 Å². The molecule has 0 atom stereocenters. The van der Waals surface area contributed by atoms with Crippen molar-refractivity contribution in [3.8, 4) is 5.75 Å². The Morgan fingerprint density at radius 3 is 2.47 bits per heavy atom. The van der Waals surface area contributed by atoms with Gasteiger partial charge in [0.2, 0.25) is 0 Å². The van der Waals surface area contributed by atoms with Crippen molar-refractivity contribution in [1.29, 1.82) is 0 Å². The molecule has 1 aromatic heterocycles. The Hall–Kier alpha value is -1.52. The number of halogens is 1. The van der Waals surface area contributed by atoms with E-state index in [9.17, 15) is 5.11 Å². The quantitative estimate of drug-likeness (QED) is 0.678. The van der Waals surface area contributed by atoms with Gasteiger partial charge < -0.3 is 9.67 Å². The number of rotatable bonds is 0. The monoisotopic (exact) mass is 294 g/mol. The van der Waals surface area contributed by atoms with E-state index in [2.05, 4.69) is 9.56 Å². The van der Waals surface area contributed by atoms with Crippen molar-refractivity contribution >= 4 is 44.7 Å². The zero-order valence-corrected chi connectivity index (χ0v) is 12.6. The van der Waals surface area contributed by atoms with Crippen LogP contribution < -0.4 is 4.80 Å². The lowest BCUT2D eigenvalue weighted by Crippen LogP contribution is -2.09. The number of benzene rings is 2. The van der Waals surface area contributed by atoms with Crippen molar-refractivity contribution in [1.82, 2.24) is 4.57 Å². The fourth-order valence-electron chi connectivity index (χ4n) is 2.41. The van der Waals surface area contributed by atoms with Crippen LogP contribution in [-0.2, 0) is 7.05 Å². The van der Waals surface area contributed by atoms with Gasteiger partial charge in [0.05, 0.1) is 10.2 Å². The zero-order chi connectivity index (χ0) is 12.9. The van der Waals surface area contributed by atoms with E-state index in [1.54, 1.807) is 18.4 Å². The molecule has 1 heterocycles. The first-order valence-corrected chi connectivity index (χ1v) is 6.59. The van der Waals surface area contributed by atoms with E-state index in [1.807, 2.05) is 38.2 Å². The number of aromatic nitrogens is 1. The molecule has 0 radical (unpaired) electrons. The standard InChI is InChI=1S/C14H14N2OS.ClH/c1-8-12(17)10-7-5-4-6-9(10)11-13(8)18-14(15-2)16(11)3;/h4-7,17H,1-3H3;1H/b15-14+;.